The summed E-state index contributed by atoms with van der Waals surface area (Å²) in [5, 5.41) is 0. The second-order valence-electron chi connectivity index (χ2n) is 4.22. The van der Waals surface area contributed by atoms with Gasteiger partial charge in [-0.3, -0.25) is 4.48 Å². The fourth-order valence-corrected chi connectivity index (χ4v) is 1.27. The first-order valence-corrected chi connectivity index (χ1v) is 5.43. The maximum atomic E-state index is 5.36. The molecule has 0 aliphatic carbocycles. The first kappa shape index (κ1) is 12.6. The van der Waals surface area contributed by atoms with Gasteiger partial charge in [0.2, 0.25) is 0 Å². The molecule has 3 heteroatoms. The third-order valence-corrected chi connectivity index (χ3v) is 2.18. The van der Waals surface area contributed by atoms with Crippen molar-refractivity contribution in [2.75, 3.05) is 20.6 Å². The predicted octanol–water partition coefficient (Wildman–Crippen LogP) is 1.76. The van der Waals surface area contributed by atoms with E-state index in [4.69, 9.17) is 5.73 Å². The average Bonchev–Trinajstić information content (AvgIpc) is 2.66. The van der Waals surface area contributed by atoms with Crippen molar-refractivity contribution in [1.29, 1.82) is 0 Å². The van der Waals surface area contributed by atoms with E-state index in [1.165, 1.54) is 5.56 Å². The molecule has 0 spiro atoms. The van der Waals surface area contributed by atoms with Crippen LogP contribution in [0.2, 0.25) is 0 Å². The highest BCUT2D eigenvalue weighted by molar-refractivity contribution is 5.50. The van der Waals surface area contributed by atoms with Gasteiger partial charge in [0, 0.05) is 0 Å². The lowest BCUT2D eigenvalue weighted by atomic mass is 10.2. The van der Waals surface area contributed by atoms with Gasteiger partial charge in [-0.2, -0.15) is 0 Å². The Morgan fingerprint density at radius 3 is 2.25 bits per heavy atom. The Kier molecular flexibility index (Phi) is 4.89. The van der Waals surface area contributed by atoms with E-state index in [9.17, 15) is 0 Å². The van der Waals surface area contributed by atoms with Crippen LogP contribution in [-0.2, 0) is 6.42 Å². The lowest BCUT2D eigenvalue weighted by Crippen LogP contribution is -2.28. The number of hydrogen-bond donors (Lipinski definition) is 1. The number of rotatable bonds is 2. The van der Waals surface area contributed by atoms with E-state index in [1.807, 2.05) is 30.7 Å². The van der Waals surface area contributed by atoms with E-state index in [-0.39, 0.29) is 0 Å². The average molecular weight is 218 g/mol. The Labute approximate surface area is 97.5 Å². The summed E-state index contributed by atoms with van der Waals surface area (Å²) in [5.41, 5.74) is 6.68. The Morgan fingerprint density at radius 1 is 1.19 bits per heavy atom. The van der Waals surface area contributed by atoms with Crippen LogP contribution in [0.25, 0.3) is 0 Å². The molecule has 0 saturated heterocycles. The molecule has 0 saturated carbocycles. The molecule has 1 aromatic rings. The molecule has 0 aromatic heterocycles. The van der Waals surface area contributed by atoms with Crippen LogP contribution >= 0.6 is 0 Å². The van der Waals surface area contributed by atoms with Crippen LogP contribution in [0.1, 0.15) is 5.56 Å². The number of aliphatic imine (C=N–C) groups is 1. The monoisotopic (exact) mass is 218 g/mol. The maximum absolute atomic E-state index is 5.36. The van der Waals surface area contributed by atoms with Gasteiger partial charge in [-0.15, -0.1) is 0 Å². The molecule has 0 fully saturated rings. The molecule has 1 aliphatic rings. The molecule has 3 nitrogen and oxygen atoms in total. The summed E-state index contributed by atoms with van der Waals surface area (Å²) in [6.07, 6.45) is 6.68. The molecule has 0 atom stereocenters. The Morgan fingerprint density at radius 2 is 1.88 bits per heavy atom. The van der Waals surface area contributed by atoms with E-state index >= 15 is 0 Å². The second-order valence-corrected chi connectivity index (χ2v) is 4.22. The fourth-order valence-electron chi connectivity index (χ4n) is 1.27. The molecule has 86 valence electrons. The van der Waals surface area contributed by atoms with Crippen LogP contribution in [-0.4, -0.2) is 31.5 Å². The van der Waals surface area contributed by atoms with Gasteiger partial charge in [0.25, 0.3) is 0 Å². The highest BCUT2D eigenvalue weighted by atomic mass is 15.3. The number of benzene rings is 1. The molecular weight excluding hydrogens is 198 g/mol. The quantitative estimate of drug-likeness (QED) is 0.755. The minimum atomic E-state index is 0.740. The predicted molar refractivity (Wildman–Crippen MR) is 68.9 cm³/mol. The largest absolute Gasteiger partial charge is 0.330 e. The Bertz CT molecular complexity index is 339. The normalized spacial score (nSPS) is 15.7. The summed E-state index contributed by atoms with van der Waals surface area (Å²) in [6, 6.07) is 10.3. The molecule has 0 amide bonds. The number of nitrogens with zero attached hydrogens (tertiary/aromatic N) is 2. The highest BCUT2D eigenvalue weighted by Crippen LogP contribution is 1.99. The summed E-state index contributed by atoms with van der Waals surface area (Å²) >= 11 is 0. The van der Waals surface area contributed by atoms with Crippen molar-refractivity contribution in [2.45, 2.75) is 6.42 Å². The minimum Gasteiger partial charge on any atom is -0.330 e. The number of hydrogen-bond acceptors (Lipinski definition) is 2. The van der Waals surface area contributed by atoms with Crippen LogP contribution in [0.5, 0.6) is 0 Å². The molecule has 1 aromatic carbocycles. The summed E-state index contributed by atoms with van der Waals surface area (Å²) < 4.78 is 0.778. The van der Waals surface area contributed by atoms with E-state index in [0.29, 0.717) is 0 Å². The molecule has 16 heavy (non-hydrogen) atoms. The Hall–Kier alpha value is -1.45. The Balaban J connectivity index is 0.000000165. The molecule has 0 unspecified atom stereocenters. The van der Waals surface area contributed by atoms with E-state index in [1.54, 1.807) is 6.20 Å². The second kappa shape index (κ2) is 6.20. The molecule has 1 heterocycles. The minimum absolute atomic E-state index is 0.740. The van der Waals surface area contributed by atoms with Crippen molar-refractivity contribution in [3.05, 3.63) is 48.3 Å². The van der Waals surface area contributed by atoms with Gasteiger partial charge in [-0.25, -0.2) is 4.99 Å². The smallest absolute Gasteiger partial charge is 0.194 e. The van der Waals surface area contributed by atoms with Crippen LogP contribution in [0.4, 0.5) is 0 Å². The van der Waals surface area contributed by atoms with Crippen molar-refractivity contribution in [3.63, 3.8) is 0 Å². The lowest BCUT2D eigenvalue weighted by Gasteiger charge is -2.12. The zero-order valence-corrected chi connectivity index (χ0v) is 10.0. The van der Waals surface area contributed by atoms with Crippen LogP contribution in [0, 0.1) is 0 Å². The fraction of sp³-hybridized carbons (Fsp3) is 0.308. The zero-order valence-electron chi connectivity index (χ0n) is 10.0. The van der Waals surface area contributed by atoms with Gasteiger partial charge in [0.05, 0.1) is 20.3 Å². The van der Waals surface area contributed by atoms with Crippen LogP contribution < -0.4 is 5.73 Å². The molecule has 1 aliphatic heterocycles. The third-order valence-electron chi connectivity index (χ3n) is 2.18. The van der Waals surface area contributed by atoms with Crippen LogP contribution in [0.15, 0.2) is 47.7 Å². The van der Waals surface area contributed by atoms with Crippen LogP contribution in [0.3, 0.4) is 0 Å². The summed E-state index contributed by atoms with van der Waals surface area (Å²) in [4.78, 5) is 3.90. The lowest BCUT2D eigenvalue weighted by molar-refractivity contribution is -0.732. The maximum Gasteiger partial charge on any atom is 0.194 e. The van der Waals surface area contributed by atoms with Crippen molar-refractivity contribution < 1.29 is 4.48 Å². The number of nitrogens with two attached hydrogens (primary N) is 1. The van der Waals surface area contributed by atoms with Gasteiger partial charge in [0.15, 0.2) is 6.34 Å². The summed E-state index contributed by atoms with van der Waals surface area (Å²) in [6.45, 7) is 0.740. The van der Waals surface area contributed by atoms with Gasteiger partial charge < -0.3 is 5.73 Å². The van der Waals surface area contributed by atoms with E-state index in [2.05, 4.69) is 31.2 Å². The summed E-state index contributed by atoms with van der Waals surface area (Å²) in [7, 11) is 4.12. The molecular formula is C13H20N3+. The van der Waals surface area contributed by atoms with Gasteiger partial charge in [0.1, 0.15) is 6.20 Å². The van der Waals surface area contributed by atoms with E-state index in [0.717, 1.165) is 17.4 Å². The standard InChI is InChI=1S/C8H11N.C5H9N2/c9-7-6-8-4-2-1-3-5-8;1-7(2)4-3-6-5-7/h1-5H,6-7,9H2;3-5H,1-2H3/q;+1. The molecule has 0 radical (unpaired) electrons. The SMILES string of the molecule is C[N+]1(C)C=CN=C1.NCCc1ccccc1. The first-order valence-electron chi connectivity index (χ1n) is 5.43. The number of quaternary nitrogens is 1. The zero-order chi connectivity index (χ0) is 11.9. The van der Waals surface area contributed by atoms with Crippen molar-refractivity contribution in [2.24, 2.45) is 10.7 Å². The summed E-state index contributed by atoms with van der Waals surface area (Å²) in [5.74, 6) is 0. The van der Waals surface area contributed by atoms with E-state index < -0.39 is 0 Å². The first-order chi connectivity index (χ1) is 7.64. The van der Waals surface area contributed by atoms with Gasteiger partial charge >= 0.3 is 0 Å². The molecule has 2 rings (SSSR count). The molecule has 2 N–H and O–H groups in total. The highest BCUT2D eigenvalue weighted by Gasteiger charge is 2.09. The van der Waals surface area contributed by atoms with Gasteiger partial charge in [-0.1, -0.05) is 30.3 Å². The van der Waals surface area contributed by atoms with Crippen molar-refractivity contribution in [3.8, 4) is 0 Å². The van der Waals surface area contributed by atoms with Crippen molar-refractivity contribution in [1.82, 2.24) is 0 Å². The third kappa shape index (κ3) is 4.87. The topological polar surface area (TPSA) is 38.4 Å². The molecule has 0 bridgehead atoms. The van der Waals surface area contributed by atoms with Gasteiger partial charge in [-0.05, 0) is 18.5 Å². The van der Waals surface area contributed by atoms with Crippen molar-refractivity contribution >= 4 is 6.34 Å².